The molecule has 3 amide bonds. The molecule has 1 aliphatic heterocycles. The molecule has 0 aromatic heterocycles. The minimum absolute atomic E-state index is 0.279. The lowest BCUT2D eigenvalue weighted by Crippen LogP contribution is -2.51. The summed E-state index contributed by atoms with van der Waals surface area (Å²) in [4.78, 5) is 21.3. The van der Waals surface area contributed by atoms with Crippen molar-refractivity contribution in [2.45, 2.75) is 0 Å². The van der Waals surface area contributed by atoms with Crippen LogP contribution in [0.2, 0.25) is 0 Å². The summed E-state index contributed by atoms with van der Waals surface area (Å²) in [6, 6.07) is -0.428. The van der Waals surface area contributed by atoms with E-state index < -0.39 is 6.03 Å². The molecule has 1 unspecified atom stereocenters. The van der Waals surface area contributed by atoms with Gasteiger partial charge in [0.1, 0.15) is 0 Å². The molecule has 0 bridgehead atoms. The van der Waals surface area contributed by atoms with Crippen LogP contribution in [0.15, 0.2) is 12.7 Å². The van der Waals surface area contributed by atoms with Gasteiger partial charge in [0, 0.05) is 6.54 Å². The standard InChI is InChI=1S/C6H8N2O2/c1-2-4-3-7-6(10)8-5(4)9/h2,4H,1,3H2,(H2,7,8,9,10). The van der Waals surface area contributed by atoms with Crippen LogP contribution >= 0.6 is 0 Å². The Balaban J connectivity index is 2.59. The van der Waals surface area contributed by atoms with Gasteiger partial charge in [-0.2, -0.15) is 0 Å². The van der Waals surface area contributed by atoms with Crippen molar-refractivity contribution in [2.75, 3.05) is 6.54 Å². The van der Waals surface area contributed by atoms with Crippen molar-refractivity contribution in [1.82, 2.24) is 10.6 Å². The normalized spacial score (nSPS) is 25.0. The number of nitrogens with one attached hydrogen (secondary N) is 2. The Labute approximate surface area is 58.3 Å². The highest BCUT2D eigenvalue weighted by Gasteiger charge is 2.22. The van der Waals surface area contributed by atoms with Crippen molar-refractivity contribution >= 4 is 11.9 Å². The molecule has 2 N–H and O–H groups in total. The number of carbonyl (C=O) groups is 2. The second-order valence-electron chi connectivity index (χ2n) is 2.04. The Morgan fingerprint density at radius 1 is 1.60 bits per heavy atom. The van der Waals surface area contributed by atoms with Crippen molar-refractivity contribution in [2.24, 2.45) is 5.92 Å². The average molecular weight is 140 g/mol. The van der Waals surface area contributed by atoms with Crippen LogP contribution in [-0.2, 0) is 4.79 Å². The van der Waals surface area contributed by atoms with Crippen LogP contribution in [0.4, 0.5) is 4.79 Å². The molecule has 4 nitrogen and oxygen atoms in total. The molecule has 4 heteroatoms. The van der Waals surface area contributed by atoms with Crippen molar-refractivity contribution in [3.63, 3.8) is 0 Å². The minimum atomic E-state index is -0.428. The van der Waals surface area contributed by atoms with Crippen LogP contribution in [0, 0.1) is 5.92 Å². The van der Waals surface area contributed by atoms with Gasteiger partial charge in [0.15, 0.2) is 0 Å². The molecule has 1 fully saturated rings. The molecule has 1 aliphatic rings. The fourth-order valence-electron chi connectivity index (χ4n) is 0.735. The zero-order valence-electron chi connectivity index (χ0n) is 5.39. The maximum atomic E-state index is 10.8. The highest BCUT2D eigenvalue weighted by Crippen LogP contribution is 1.99. The summed E-state index contributed by atoms with van der Waals surface area (Å²) in [5, 5.41) is 4.59. The number of urea groups is 1. The van der Waals surface area contributed by atoms with Gasteiger partial charge in [-0.3, -0.25) is 10.1 Å². The molecular weight excluding hydrogens is 132 g/mol. The maximum Gasteiger partial charge on any atom is 0.321 e. The third-order valence-corrected chi connectivity index (χ3v) is 1.34. The van der Waals surface area contributed by atoms with Crippen LogP contribution in [-0.4, -0.2) is 18.5 Å². The van der Waals surface area contributed by atoms with Gasteiger partial charge in [-0.1, -0.05) is 6.08 Å². The number of imide groups is 1. The van der Waals surface area contributed by atoms with Crippen molar-refractivity contribution in [3.8, 4) is 0 Å². The van der Waals surface area contributed by atoms with E-state index in [1.807, 2.05) is 0 Å². The second kappa shape index (κ2) is 2.51. The van der Waals surface area contributed by atoms with Gasteiger partial charge < -0.3 is 5.32 Å². The summed E-state index contributed by atoms with van der Waals surface area (Å²) >= 11 is 0. The third kappa shape index (κ3) is 1.15. The van der Waals surface area contributed by atoms with Gasteiger partial charge in [-0.25, -0.2) is 4.79 Å². The SMILES string of the molecule is C=CC1CNC(=O)NC1=O. The summed E-state index contributed by atoms with van der Waals surface area (Å²) in [7, 11) is 0. The summed E-state index contributed by atoms with van der Waals surface area (Å²) in [5.41, 5.74) is 0. The van der Waals surface area contributed by atoms with Gasteiger partial charge in [0.05, 0.1) is 5.92 Å². The predicted molar refractivity (Wildman–Crippen MR) is 35.2 cm³/mol. The largest absolute Gasteiger partial charge is 0.337 e. The van der Waals surface area contributed by atoms with Crippen molar-refractivity contribution in [3.05, 3.63) is 12.7 Å². The first-order valence-corrected chi connectivity index (χ1v) is 2.95. The number of hydrogen-bond acceptors (Lipinski definition) is 2. The van der Waals surface area contributed by atoms with Gasteiger partial charge in [-0.05, 0) is 0 Å². The summed E-state index contributed by atoms with van der Waals surface area (Å²) in [5.74, 6) is -0.559. The molecule has 1 saturated heterocycles. The van der Waals surface area contributed by atoms with E-state index in [1.54, 1.807) is 0 Å². The monoisotopic (exact) mass is 140 g/mol. The Kier molecular flexibility index (Phi) is 1.71. The topological polar surface area (TPSA) is 58.2 Å². The number of hydrogen-bond donors (Lipinski definition) is 2. The lowest BCUT2D eigenvalue weighted by molar-refractivity contribution is -0.123. The first-order valence-electron chi connectivity index (χ1n) is 2.95. The van der Waals surface area contributed by atoms with Crippen LogP contribution in [0.25, 0.3) is 0 Å². The first kappa shape index (κ1) is 6.80. The molecule has 0 aromatic carbocycles. The fraction of sp³-hybridized carbons (Fsp3) is 0.333. The van der Waals surface area contributed by atoms with E-state index in [9.17, 15) is 9.59 Å². The Morgan fingerprint density at radius 3 is 2.80 bits per heavy atom. The number of amides is 3. The highest BCUT2D eigenvalue weighted by atomic mass is 16.2. The Morgan fingerprint density at radius 2 is 2.30 bits per heavy atom. The summed E-state index contributed by atoms with van der Waals surface area (Å²) in [6.07, 6.45) is 1.51. The van der Waals surface area contributed by atoms with E-state index in [0.717, 1.165) is 0 Å². The van der Waals surface area contributed by atoms with Crippen molar-refractivity contribution < 1.29 is 9.59 Å². The number of rotatable bonds is 1. The van der Waals surface area contributed by atoms with Gasteiger partial charge in [0.25, 0.3) is 0 Å². The first-order chi connectivity index (χ1) is 4.74. The lowest BCUT2D eigenvalue weighted by Gasteiger charge is -2.18. The Bertz CT molecular complexity index is 188. The van der Waals surface area contributed by atoms with E-state index >= 15 is 0 Å². The molecule has 0 aromatic rings. The molecule has 1 rings (SSSR count). The number of carbonyl (C=O) groups excluding carboxylic acids is 2. The summed E-state index contributed by atoms with van der Waals surface area (Å²) < 4.78 is 0. The fourth-order valence-corrected chi connectivity index (χ4v) is 0.735. The molecule has 0 radical (unpaired) electrons. The summed E-state index contributed by atoms with van der Waals surface area (Å²) in [6.45, 7) is 3.80. The molecule has 54 valence electrons. The molecule has 0 aliphatic carbocycles. The van der Waals surface area contributed by atoms with E-state index in [2.05, 4.69) is 17.2 Å². The molecule has 10 heavy (non-hydrogen) atoms. The zero-order valence-corrected chi connectivity index (χ0v) is 5.39. The third-order valence-electron chi connectivity index (χ3n) is 1.34. The lowest BCUT2D eigenvalue weighted by atomic mass is 10.1. The Hall–Kier alpha value is -1.32. The van der Waals surface area contributed by atoms with Gasteiger partial charge in [0.2, 0.25) is 5.91 Å². The molecule has 1 atom stereocenters. The molecular formula is C6H8N2O2. The predicted octanol–water partition coefficient (Wildman–Crippen LogP) is -0.372. The molecule has 1 heterocycles. The van der Waals surface area contributed by atoms with Gasteiger partial charge in [-0.15, -0.1) is 6.58 Å². The van der Waals surface area contributed by atoms with E-state index in [4.69, 9.17) is 0 Å². The van der Waals surface area contributed by atoms with E-state index in [1.165, 1.54) is 6.08 Å². The minimum Gasteiger partial charge on any atom is -0.337 e. The smallest absolute Gasteiger partial charge is 0.321 e. The van der Waals surface area contributed by atoms with E-state index in [0.29, 0.717) is 6.54 Å². The van der Waals surface area contributed by atoms with Crippen molar-refractivity contribution in [1.29, 1.82) is 0 Å². The second-order valence-corrected chi connectivity index (χ2v) is 2.04. The molecule has 0 spiro atoms. The average Bonchev–Trinajstić information content (AvgIpc) is 1.88. The van der Waals surface area contributed by atoms with Crippen LogP contribution in [0.1, 0.15) is 0 Å². The van der Waals surface area contributed by atoms with Crippen LogP contribution in [0.5, 0.6) is 0 Å². The van der Waals surface area contributed by atoms with E-state index in [-0.39, 0.29) is 11.8 Å². The quantitative estimate of drug-likeness (QED) is 0.488. The van der Waals surface area contributed by atoms with Crippen LogP contribution < -0.4 is 10.6 Å². The zero-order chi connectivity index (χ0) is 7.56. The molecule has 0 saturated carbocycles. The highest BCUT2D eigenvalue weighted by molar-refractivity contribution is 5.98. The van der Waals surface area contributed by atoms with Crippen LogP contribution in [0.3, 0.4) is 0 Å². The van der Waals surface area contributed by atoms with Gasteiger partial charge >= 0.3 is 6.03 Å². The maximum absolute atomic E-state index is 10.8.